The van der Waals surface area contributed by atoms with Crippen LogP contribution in [0.25, 0.3) is 10.9 Å². The van der Waals surface area contributed by atoms with Crippen LogP contribution in [0.15, 0.2) is 65.5 Å². The lowest BCUT2D eigenvalue weighted by atomic mass is 10.1. The van der Waals surface area contributed by atoms with Gasteiger partial charge < -0.3 is 5.32 Å². The summed E-state index contributed by atoms with van der Waals surface area (Å²) in [5, 5.41) is 3.82. The summed E-state index contributed by atoms with van der Waals surface area (Å²) in [6.07, 6.45) is 0. The van der Waals surface area contributed by atoms with Crippen molar-refractivity contribution in [1.82, 2.24) is 9.88 Å². The standard InChI is InChI=1S/C19H18N2O2/c1-14-11-16-9-5-6-10-17(16)21(19(14)23)13-18(22)20-12-15-7-3-2-4-8-15/h2-11H,12-13H2,1H3,(H,20,22). The Kier molecular flexibility index (Phi) is 4.24. The first-order chi connectivity index (χ1) is 11.1. The fraction of sp³-hybridized carbons (Fsp3) is 0.158. The number of fused-ring (bicyclic) bond motifs is 1. The molecule has 3 aromatic rings. The summed E-state index contributed by atoms with van der Waals surface area (Å²) in [5.74, 6) is -0.174. The summed E-state index contributed by atoms with van der Waals surface area (Å²) in [5.41, 5.74) is 2.32. The minimum Gasteiger partial charge on any atom is -0.350 e. The number of pyridine rings is 1. The van der Waals surface area contributed by atoms with Crippen LogP contribution in [-0.4, -0.2) is 10.5 Å². The van der Waals surface area contributed by atoms with Gasteiger partial charge in [0.15, 0.2) is 0 Å². The minimum absolute atomic E-state index is 0.0217. The van der Waals surface area contributed by atoms with E-state index in [1.54, 1.807) is 6.92 Å². The Morgan fingerprint density at radius 3 is 2.52 bits per heavy atom. The summed E-state index contributed by atoms with van der Waals surface area (Å²) in [4.78, 5) is 24.6. The van der Waals surface area contributed by atoms with Gasteiger partial charge in [-0.25, -0.2) is 0 Å². The van der Waals surface area contributed by atoms with E-state index in [1.165, 1.54) is 4.57 Å². The van der Waals surface area contributed by atoms with E-state index in [1.807, 2.05) is 60.7 Å². The quantitative estimate of drug-likeness (QED) is 0.805. The average molecular weight is 306 g/mol. The molecular weight excluding hydrogens is 288 g/mol. The maximum absolute atomic E-state index is 12.4. The molecule has 4 nitrogen and oxygen atoms in total. The SMILES string of the molecule is Cc1cc2ccccc2n(CC(=O)NCc2ccccc2)c1=O. The largest absolute Gasteiger partial charge is 0.350 e. The number of hydrogen-bond acceptors (Lipinski definition) is 2. The smallest absolute Gasteiger partial charge is 0.254 e. The third kappa shape index (κ3) is 3.31. The molecule has 0 fully saturated rings. The average Bonchev–Trinajstić information content (AvgIpc) is 2.58. The number of carbonyl (C=O) groups is 1. The van der Waals surface area contributed by atoms with Crippen molar-refractivity contribution >= 4 is 16.8 Å². The predicted molar refractivity (Wildman–Crippen MR) is 91.2 cm³/mol. The maximum atomic E-state index is 12.4. The second-order valence-electron chi connectivity index (χ2n) is 5.54. The number of aromatic nitrogens is 1. The molecule has 0 aliphatic heterocycles. The van der Waals surface area contributed by atoms with Crippen molar-refractivity contribution in [1.29, 1.82) is 0 Å². The lowest BCUT2D eigenvalue weighted by molar-refractivity contribution is -0.121. The summed E-state index contributed by atoms with van der Waals surface area (Å²) < 4.78 is 1.53. The zero-order valence-electron chi connectivity index (χ0n) is 13.0. The van der Waals surface area contributed by atoms with Crippen molar-refractivity contribution in [3.05, 3.63) is 82.1 Å². The summed E-state index contributed by atoms with van der Waals surface area (Å²) in [6.45, 7) is 2.25. The van der Waals surface area contributed by atoms with Crippen molar-refractivity contribution in [2.24, 2.45) is 0 Å². The van der Waals surface area contributed by atoms with E-state index in [0.29, 0.717) is 12.1 Å². The van der Waals surface area contributed by atoms with Crippen LogP contribution in [0.4, 0.5) is 0 Å². The van der Waals surface area contributed by atoms with Crippen molar-refractivity contribution < 1.29 is 4.79 Å². The van der Waals surface area contributed by atoms with Crippen LogP contribution in [0.3, 0.4) is 0 Å². The van der Waals surface area contributed by atoms with Crippen LogP contribution < -0.4 is 10.9 Å². The molecule has 1 N–H and O–H groups in total. The zero-order valence-corrected chi connectivity index (χ0v) is 13.0. The van der Waals surface area contributed by atoms with E-state index in [-0.39, 0.29) is 18.0 Å². The normalized spacial score (nSPS) is 10.7. The molecule has 2 aromatic carbocycles. The molecule has 0 aliphatic carbocycles. The van der Waals surface area contributed by atoms with Crippen molar-refractivity contribution in [2.45, 2.75) is 20.0 Å². The Labute approximate surface area is 134 Å². The topological polar surface area (TPSA) is 51.1 Å². The number of hydrogen-bond donors (Lipinski definition) is 1. The van der Waals surface area contributed by atoms with E-state index >= 15 is 0 Å². The van der Waals surface area contributed by atoms with E-state index < -0.39 is 0 Å². The van der Waals surface area contributed by atoms with Crippen LogP contribution in [0.5, 0.6) is 0 Å². The molecule has 0 unspecified atom stereocenters. The molecule has 23 heavy (non-hydrogen) atoms. The van der Waals surface area contributed by atoms with Gasteiger partial charge in [0, 0.05) is 12.1 Å². The first-order valence-electron chi connectivity index (χ1n) is 7.55. The van der Waals surface area contributed by atoms with Crippen LogP contribution in [-0.2, 0) is 17.9 Å². The molecule has 1 aromatic heterocycles. The van der Waals surface area contributed by atoms with Crippen LogP contribution >= 0.6 is 0 Å². The number of rotatable bonds is 4. The van der Waals surface area contributed by atoms with Gasteiger partial charge in [0.25, 0.3) is 5.56 Å². The minimum atomic E-state index is -0.174. The van der Waals surface area contributed by atoms with Gasteiger partial charge in [0.05, 0.1) is 5.52 Å². The first kappa shape index (κ1) is 15.0. The Hall–Kier alpha value is -2.88. The number of nitrogens with zero attached hydrogens (tertiary/aromatic N) is 1. The number of amides is 1. The lowest BCUT2D eigenvalue weighted by Crippen LogP contribution is -2.32. The van der Waals surface area contributed by atoms with E-state index in [9.17, 15) is 9.59 Å². The first-order valence-corrected chi connectivity index (χ1v) is 7.55. The van der Waals surface area contributed by atoms with Gasteiger partial charge in [-0.05, 0) is 30.0 Å². The highest BCUT2D eigenvalue weighted by Crippen LogP contribution is 2.12. The van der Waals surface area contributed by atoms with Crippen LogP contribution in [0.1, 0.15) is 11.1 Å². The highest BCUT2D eigenvalue weighted by Gasteiger charge is 2.10. The molecule has 4 heteroatoms. The number of aryl methyl sites for hydroxylation is 1. The third-order valence-corrected chi connectivity index (χ3v) is 3.82. The second-order valence-corrected chi connectivity index (χ2v) is 5.54. The van der Waals surface area contributed by atoms with Crippen molar-refractivity contribution in [3.63, 3.8) is 0 Å². The van der Waals surface area contributed by atoms with Crippen LogP contribution in [0.2, 0.25) is 0 Å². The predicted octanol–water partition coefficient (Wildman–Crippen LogP) is 2.63. The molecular formula is C19H18N2O2. The monoisotopic (exact) mass is 306 g/mol. The van der Waals surface area contributed by atoms with Crippen molar-refractivity contribution in [2.75, 3.05) is 0 Å². The van der Waals surface area contributed by atoms with Gasteiger partial charge in [-0.15, -0.1) is 0 Å². The molecule has 116 valence electrons. The van der Waals surface area contributed by atoms with E-state index in [4.69, 9.17) is 0 Å². The Morgan fingerprint density at radius 2 is 1.74 bits per heavy atom. The molecule has 3 rings (SSSR count). The molecule has 0 saturated carbocycles. The maximum Gasteiger partial charge on any atom is 0.254 e. The zero-order chi connectivity index (χ0) is 16.2. The van der Waals surface area contributed by atoms with Gasteiger partial charge in [0.2, 0.25) is 5.91 Å². The van der Waals surface area contributed by atoms with E-state index in [0.717, 1.165) is 16.5 Å². The summed E-state index contributed by atoms with van der Waals surface area (Å²) in [7, 11) is 0. The number of benzene rings is 2. The third-order valence-electron chi connectivity index (χ3n) is 3.82. The molecule has 0 atom stereocenters. The molecule has 0 radical (unpaired) electrons. The van der Waals surface area contributed by atoms with Crippen molar-refractivity contribution in [3.8, 4) is 0 Å². The Morgan fingerprint density at radius 1 is 1.04 bits per heavy atom. The molecule has 1 heterocycles. The van der Waals surface area contributed by atoms with Gasteiger partial charge in [-0.3, -0.25) is 14.2 Å². The fourth-order valence-electron chi connectivity index (χ4n) is 2.63. The summed E-state index contributed by atoms with van der Waals surface area (Å²) >= 11 is 0. The summed E-state index contributed by atoms with van der Waals surface area (Å²) in [6, 6.07) is 19.2. The number of nitrogens with one attached hydrogen (secondary N) is 1. The number of para-hydroxylation sites is 1. The van der Waals surface area contributed by atoms with Gasteiger partial charge in [-0.2, -0.15) is 0 Å². The molecule has 0 saturated heterocycles. The highest BCUT2D eigenvalue weighted by atomic mass is 16.2. The van der Waals surface area contributed by atoms with Gasteiger partial charge in [-0.1, -0.05) is 48.5 Å². The highest BCUT2D eigenvalue weighted by molar-refractivity contribution is 5.82. The molecule has 0 aliphatic rings. The van der Waals surface area contributed by atoms with Gasteiger partial charge >= 0.3 is 0 Å². The molecule has 0 bridgehead atoms. The van der Waals surface area contributed by atoms with Crippen LogP contribution in [0, 0.1) is 6.92 Å². The molecule has 0 spiro atoms. The number of carbonyl (C=O) groups excluding carboxylic acids is 1. The molecule has 1 amide bonds. The second kappa shape index (κ2) is 6.48. The Bertz CT molecular complexity index is 898. The van der Waals surface area contributed by atoms with Gasteiger partial charge in [0.1, 0.15) is 6.54 Å². The van der Waals surface area contributed by atoms with E-state index in [2.05, 4.69) is 5.32 Å². The lowest BCUT2D eigenvalue weighted by Gasteiger charge is -2.12. The fourth-order valence-corrected chi connectivity index (χ4v) is 2.63. The Balaban J connectivity index is 1.82.